The molecule has 0 aliphatic rings. The quantitative estimate of drug-likeness (QED) is 0.659. The molecule has 1 heterocycles. The van der Waals surface area contributed by atoms with E-state index < -0.39 is 0 Å². The van der Waals surface area contributed by atoms with Crippen molar-refractivity contribution in [3.05, 3.63) is 23.5 Å². The van der Waals surface area contributed by atoms with Gasteiger partial charge in [-0.25, -0.2) is 0 Å². The van der Waals surface area contributed by atoms with E-state index in [0.29, 0.717) is 11.3 Å². The zero-order valence-corrected chi connectivity index (χ0v) is 7.32. The third kappa shape index (κ3) is 2.79. The molecule has 1 aromatic heterocycles. The van der Waals surface area contributed by atoms with Gasteiger partial charge in [0, 0.05) is 6.54 Å². The van der Waals surface area contributed by atoms with E-state index in [4.69, 9.17) is 5.11 Å². The van der Waals surface area contributed by atoms with Crippen molar-refractivity contribution in [3.8, 4) is 0 Å². The van der Waals surface area contributed by atoms with Crippen LogP contribution in [0.1, 0.15) is 16.1 Å². The molecule has 1 aromatic rings. The molecule has 0 radical (unpaired) electrons. The van der Waals surface area contributed by atoms with Crippen LogP contribution in [0.25, 0.3) is 0 Å². The highest BCUT2D eigenvalue weighted by Gasteiger charge is 2.04. The van der Waals surface area contributed by atoms with Crippen LogP contribution in [0, 0.1) is 6.92 Å². The van der Waals surface area contributed by atoms with Crippen molar-refractivity contribution in [2.24, 2.45) is 0 Å². The van der Waals surface area contributed by atoms with Gasteiger partial charge in [0.25, 0.3) is 5.91 Å². The minimum atomic E-state index is -0.243. The van der Waals surface area contributed by atoms with Gasteiger partial charge in [0.15, 0.2) is 0 Å². The average molecular weight is 181 g/mol. The highest BCUT2D eigenvalue weighted by Crippen LogP contribution is 1.97. The molecule has 5 heteroatoms. The molecule has 1 amide bonds. The molecular formula is C8H11N3O2. The highest BCUT2D eigenvalue weighted by atomic mass is 16.3. The van der Waals surface area contributed by atoms with E-state index in [1.807, 2.05) is 0 Å². The summed E-state index contributed by atoms with van der Waals surface area (Å²) in [6.07, 6.45) is 1.39. The Morgan fingerprint density at radius 1 is 1.69 bits per heavy atom. The largest absolute Gasteiger partial charge is 0.395 e. The van der Waals surface area contributed by atoms with E-state index in [0.717, 1.165) is 0 Å². The van der Waals surface area contributed by atoms with E-state index >= 15 is 0 Å². The summed E-state index contributed by atoms with van der Waals surface area (Å²) >= 11 is 0. The van der Waals surface area contributed by atoms with Gasteiger partial charge in [-0.2, -0.15) is 10.2 Å². The Labute approximate surface area is 75.8 Å². The number of amides is 1. The molecular weight excluding hydrogens is 170 g/mol. The molecule has 70 valence electrons. The standard InChI is InChI=1S/C8H11N3O2/c1-6-4-7(5-10-11-6)8(13)9-2-3-12/h4-5,12H,2-3H2,1H3,(H,9,13). The van der Waals surface area contributed by atoms with Gasteiger partial charge in [0.2, 0.25) is 0 Å². The first-order valence-corrected chi connectivity index (χ1v) is 3.92. The molecule has 0 aliphatic carbocycles. The lowest BCUT2D eigenvalue weighted by Crippen LogP contribution is -2.26. The van der Waals surface area contributed by atoms with Crippen LogP contribution in [-0.4, -0.2) is 34.4 Å². The van der Waals surface area contributed by atoms with Crippen molar-refractivity contribution >= 4 is 5.91 Å². The molecule has 13 heavy (non-hydrogen) atoms. The number of hydrogen-bond donors (Lipinski definition) is 2. The summed E-state index contributed by atoms with van der Waals surface area (Å²) in [5.74, 6) is -0.243. The number of carbonyl (C=O) groups excluding carboxylic acids is 1. The molecule has 0 spiro atoms. The molecule has 5 nitrogen and oxygen atoms in total. The lowest BCUT2D eigenvalue weighted by molar-refractivity contribution is 0.0944. The fourth-order valence-electron chi connectivity index (χ4n) is 0.869. The number of aliphatic hydroxyl groups excluding tert-OH is 1. The van der Waals surface area contributed by atoms with Crippen LogP contribution in [0.2, 0.25) is 0 Å². The number of nitrogens with one attached hydrogen (secondary N) is 1. The molecule has 2 N–H and O–H groups in total. The summed E-state index contributed by atoms with van der Waals surface area (Å²) in [6.45, 7) is 1.94. The number of nitrogens with zero attached hydrogens (tertiary/aromatic N) is 2. The van der Waals surface area contributed by atoms with Crippen LogP contribution in [-0.2, 0) is 0 Å². The average Bonchev–Trinajstić information content (AvgIpc) is 2.14. The second-order valence-electron chi connectivity index (χ2n) is 2.57. The van der Waals surface area contributed by atoms with Crippen LogP contribution in [0.4, 0.5) is 0 Å². The lowest BCUT2D eigenvalue weighted by atomic mass is 10.2. The lowest BCUT2D eigenvalue weighted by Gasteiger charge is -2.01. The number of aryl methyl sites for hydroxylation is 1. The number of rotatable bonds is 3. The fourth-order valence-corrected chi connectivity index (χ4v) is 0.869. The Kier molecular flexibility index (Phi) is 3.33. The van der Waals surface area contributed by atoms with Gasteiger partial charge < -0.3 is 10.4 Å². The van der Waals surface area contributed by atoms with Crippen molar-refractivity contribution in [3.63, 3.8) is 0 Å². The van der Waals surface area contributed by atoms with Crippen molar-refractivity contribution in [2.75, 3.05) is 13.2 Å². The summed E-state index contributed by atoms with van der Waals surface area (Å²) in [5.41, 5.74) is 1.15. The van der Waals surface area contributed by atoms with E-state index in [9.17, 15) is 4.79 Å². The Bertz CT molecular complexity index is 301. The predicted octanol–water partition coefficient (Wildman–Crippen LogP) is -0.493. The minimum absolute atomic E-state index is 0.0662. The SMILES string of the molecule is Cc1cc(C(=O)NCCO)cnn1. The molecule has 0 aliphatic heterocycles. The first-order valence-electron chi connectivity index (χ1n) is 3.92. The zero-order chi connectivity index (χ0) is 9.68. The monoisotopic (exact) mass is 181 g/mol. The van der Waals surface area contributed by atoms with E-state index in [1.165, 1.54) is 6.20 Å². The Morgan fingerprint density at radius 2 is 2.46 bits per heavy atom. The van der Waals surface area contributed by atoms with Gasteiger partial charge in [-0.15, -0.1) is 0 Å². The van der Waals surface area contributed by atoms with Crippen LogP contribution >= 0.6 is 0 Å². The van der Waals surface area contributed by atoms with Crippen LogP contribution < -0.4 is 5.32 Å². The van der Waals surface area contributed by atoms with Crippen molar-refractivity contribution in [1.82, 2.24) is 15.5 Å². The predicted molar refractivity (Wildman–Crippen MR) is 46.2 cm³/mol. The zero-order valence-electron chi connectivity index (χ0n) is 7.32. The molecule has 0 bridgehead atoms. The van der Waals surface area contributed by atoms with E-state index in [1.54, 1.807) is 13.0 Å². The molecule has 0 saturated heterocycles. The molecule has 0 aromatic carbocycles. The number of aliphatic hydroxyl groups is 1. The van der Waals surface area contributed by atoms with Crippen molar-refractivity contribution in [1.29, 1.82) is 0 Å². The summed E-state index contributed by atoms with van der Waals surface area (Å²) in [7, 11) is 0. The number of aromatic nitrogens is 2. The second-order valence-corrected chi connectivity index (χ2v) is 2.57. The van der Waals surface area contributed by atoms with Gasteiger partial charge in [-0.3, -0.25) is 4.79 Å². The molecule has 0 saturated carbocycles. The maximum absolute atomic E-state index is 11.3. The molecule has 0 atom stereocenters. The van der Waals surface area contributed by atoms with Gasteiger partial charge >= 0.3 is 0 Å². The van der Waals surface area contributed by atoms with Crippen molar-refractivity contribution < 1.29 is 9.90 Å². The number of carbonyl (C=O) groups is 1. The molecule has 0 unspecified atom stereocenters. The Morgan fingerprint density at radius 3 is 3.08 bits per heavy atom. The Balaban J connectivity index is 2.66. The first-order chi connectivity index (χ1) is 6.24. The van der Waals surface area contributed by atoms with Crippen LogP contribution in [0.5, 0.6) is 0 Å². The fraction of sp³-hybridized carbons (Fsp3) is 0.375. The van der Waals surface area contributed by atoms with Crippen LogP contribution in [0.15, 0.2) is 12.3 Å². The molecule has 1 rings (SSSR count). The maximum Gasteiger partial charge on any atom is 0.253 e. The van der Waals surface area contributed by atoms with Crippen molar-refractivity contribution in [2.45, 2.75) is 6.92 Å². The third-order valence-electron chi connectivity index (χ3n) is 1.44. The summed E-state index contributed by atoms with van der Waals surface area (Å²) in [4.78, 5) is 11.3. The summed E-state index contributed by atoms with van der Waals surface area (Å²) in [6, 6.07) is 1.64. The summed E-state index contributed by atoms with van der Waals surface area (Å²) in [5, 5.41) is 18.4. The number of hydrogen-bond acceptors (Lipinski definition) is 4. The van der Waals surface area contributed by atoms with E-state index in [2.05, 4.69) is 15.5 Å². The third-order valence-corrected chi connectivity index (χ3v) is 1.44. The van der Waals surface area contributed by atoms with Gasteiger partial charge in [0.1, 0.15) is 0 Å². The normalized spacial score (nSPS) is 9.69. The van der Waals surface area contributed by atoms with Gasteiger partial charge in [0.05, 0.1) is 24.1 Å². The minimum Gasteiger partial charge on any atom is -0.395 e. The maximum atomic E-state index is 11.3. The first kappa shape index (κ1) is 9.60. The summed E-state index contributed by atoms with van der Waals surface area (Å²) < 4.78 is 0. The molecule has 0 fully saturated rings. The topological polar surface area (TPSA) is 75.1 Å². The van der Waals surface area contributed by atoms with Crippen LogP contribution in [0.3, 0.4) is 0 Å². The van der Waals surface area contributed by atoms with Gasteiger partial charge in [-0.05, 0) is 13.0 Å². The second kappa shape index (κ2) is 4.51. The smallest absolute Gasteiger partial charge is 0.253 e. The Hall–Kier alpha value is -1.49. The van der Waals surface area contributed by atoms with Gasteiger partial charge in [-0.1, -0.05) is 0 Å². The van der Waals surface area contributed by atoms with E-state index in [-0.39, 0.29) is 19.1 Å². The highest BCUT2D eigenvalue weighted by molar-refractivity contribution is 5.93.